The van der Waals surface area contributed by atoms with E-state index in [2.05, 4.69) is 4.90 Å². The first kappa shape index (κ1) is 22.1. The molecule has 0 N–H and O–H groups in total. The number of hydrogen-bond acceptors (Lipinski definition) is 4. The van der Waals surface area contributed by atoms with Gasteiger partial charge in [-0.2, -0.15) is 0 Å². The molecule has 0 spiro atoms. The number of rotatable bonds is 5. The lowest BCUT2D eigenvalue weighted by molar-refractivity contribution is -0.145. The van der Waals surface area contributed by atoms with Crippen molar-refractivity contribution in [2.45, 2.75) is 64.1 Å². The first-order valence-corrected chi connectivity index (χ1v) is 11.7. The maximum Gasteiger partial charge on any atom is 0.245 e. The molecule has 2 heterocycles. The summed E-state index contributed by atoms with van der Waals surface area (Å²) in [4.78, 5) is 32.5. The fourth-order valence-corrected chi connectivity index (χ4v) is 4.91. The molecule has 3 aliphatic rings. The molecule has 6 nitrogen and oxygen atoms in total. The van der Waals surface area contributed by atoms with E-state index in [-0.39, 0.29) is 29.7 Å². The van der Waals surface area contributed by atoms with Crippen LogP contribution in [0.15, 0.2) is 24.3 Å². The van der Waals surface area contributed by atoms with Gasteiger partial charge in [-0.05, 0) is 31.4 Å². The Morgan fingerprint density at radius 2 is 1.90 bits per heavy atom. The zero-order chi connectivity index (χ0) is 22.0. The largest absolute Gasteiger partial charge is 0.488 e. The van der Waals surface area contributed by atoms with Gasteiger partial charge in [0.2, 0.25) is 11.8 Å². The van der Waals surface area contributed by atoms with Crippen molar-refractivity contribution in [1.82, 2.24) is 14.7 Å². The van der Waals surface area contributed by atoms with Crippen molar-refractivity contribution in [3.8, 4) is 5.75 Å². The molecule has 0 aromatic heterocycles. The fourth-order valence-electron chi connectivity index (χ4n) is 4.91. The molecule has 1 saturated carbocycles. The van der Waals surface area contributed by atoms with Gasteiger partial charge in [-0.1, -0.05) is 26.3 Å². The van der Waals surface area contributed by atoms with Crippen molar-refractivity contribution in [1.29, 1.82) is 0 Å². The third-order valence-electron chi connectivity index (χ3n) is 6.86. The number of ether oxygens (including phenoxy) is 1. The van der Waals surface area contributed by atoms with Crippen LogP contribution >= 0.6 is 0 Å². The molecule has 1 aromatic rings. The Labute approximate surface area is 184 Å². The van der Waals surface area contributed by atoms with Crippen LogP contribution in [0.2, 0.25) is 0 Å². The molecule has 1 aromatic carbocycles. The summed E-state index contributed by atoms with van der Waals surface area (Å²) in [7, 11) is 0. The summed E-state index contributed by atoms with van der Waals surface area (Å²) in [6.45, 7) is 7.46. The number of likely N-dealkylation sites (tertiary alicyclic amines) is 1. The molecule has 2 amide bonds. The van der Waals surface area contributed by atoms with Crippen LogP contribution in [0.25, 0.3) is 0 Å². The topological polar surface area (TPSA) is 53.1 Å². The smallest absolute Gasteiger partial charge is 0.245 e. The minimum atomic E-state index is -0.510. The maximum absolute atomic E-state index is 13.5. The Hall–Kier alpha value is -2.15. The van der Waals surface area contributed by atoms with E-state index >= 15 is 0 Å². The van der Waals surface area contributed by atoms with Gasteiger partial charge in [0.1, 0.15) is 23.7 Å². The van der Waals surface area contributed by atoms with E-state index < -0.39 is 6.04 Å². The summed E-state index contributed by atoms with van der Waals surface area (Å²) in [5.41, 5.74) is 0. The fraction of sp³-hybridized carbons (Fsp3) is 0.667. The Morgan fingerprint density at radius 3 is 2.58 bits per heavy atom. The van der Waals surface area contributed by atoms with Crippen LogP contribution in [0, 0.1) is 11.7 Å². The van der Waals surface area contributed by atoms with E-state index in [0.717, 1.165) is 26.1 Å². The Morgan fingerprint density at radius 1 is 1.10 bits per heavy atom. The first-order valence-electron chi connectivity index (χ1n) is 11.7. The second-order valence-electron chi connectivity index (χ2n) is 9.39. The molecular weight excluding hydrogens is 397 g/mol. The molecule has 2 aliphatic heterocycles. The number of amides is 2. The summed E-state index contributed by atoms with van der Waals surface area (Å²) in [6.07, 6.45) is 4.94. The predicted molar refractivity (Wildman–Crippen MR) is 116 cm³/mol. The lowest BCUT2D eigenvalue weighted by Crippen LogP contribution is -2.50. The number of nitrogens with zero attached hydrogens (tertiary/aromatic N) is 3. The molecule has 2 saturated heterocycles. The highest BCUT2D eigenvalue weighted by molar-refractivity contribution is 5.89. The predicted octanol–water partition coefficient (Wildman–Crippen LogP) is 2.92. The van der Waals surface area contributed by atoms with E-state index in [1.165, 1.54) is 31.4 Å². The Balaban J connectivity index is 1.44. The lowest BCUT2D eigenvalue weighted by atomic mass is 9.91. The van der Waals surface area contributed by atoms with Gasteiger partial charge in [0.15, 0.2) is 0 Å². The first-order chi connectivity index (χ1) is 14.9. The number of hydrogen-bond donors (Lipinski definition) is 0. The Bertz CT molecular complexity index is 798. The molecule has 3 fully saturated rings. The van der Waals surface area contributed by atoms with Crippen molar-refractivity contribution >= 4 is 11.8 Å². The van der Waals surface area contributed by atoms with Crippen LogP contribution in [0.4, 0.5) is 4.39 Å². The second kappa shape index (κ2) is 9.55. The lowest BCUT2D eigenvalue weighted by Gasteiger charge is -2.37. The molecule has 31 heavy (non-hydrogen) atoms. The molecule has 0 unspecified atom stereocenters. The maximum atomic E-state index is 13.5. The van der Waals surface area contributed by atoms with E-state index in [1.807, 2.05) is 18.7 Å². The van der Waals surface area contributed by atoms with Crippen LogP contribution in [0.1, 0.15) is 46.0 Å². The van der Waals surface area contributed by atoms with E-state index in [9.17, 15) is 14.0 Å². The van der Waals surface area contributed by atoms with Gasteiger partial charge in [-0.25, -0.2) is 4.39 Å². The van der Waals surface area contributed by atoms with Gasteiger partial charge >= 0.3 is 0 Å². The highest BCUT2D eigenvalue weighted by Crippen LogP contribution is 2.28. The number of carbonyl (C=O) groups is 2. The average molecular weight is 432 g/mol. The monoisotopic (exact) mass is 431 g/mol. The number of benzene rings is 1. The quantitative estimate of drug-likeness (QED) is 0.719. The van der Waals surface area contributed by atoms with Crippen LogP contribution in [-0.2, 0) is 9.59 Å². The molecule has 4 rings (SSSR count). The number of carbonyl (C=O) groups excluding carboxylic acids is 2. The van der Waals surface area contributed by atoms with Gasteiger partial charge < -0.3 is 14.5 Å². The third kappa shape index (κ3) is 5.03. The van der Waals surface area contributed by atoms with Crippen LogP contribution < -0.4 is 4.74 Å². The molecule has 2 atom stereocenters. The van der Waals surface area contributed by atoms with Crippen molar-refractivity contribution in [2.75, 3.05) is 32.7 Å². The van der Waals surface area contributed by atoms with Gasteiger partial charge in [-0.15, -0.1) is 0 Å². The minimum absolute atomic E-state index is 0.0230. The molecule has 7 heteroatoms. The molecular formula is C24H34FN3O3. The standard InChI is InChI=1S/C24H34FN3O3/c1-17(2)23(29)28-16-21(31-20-9-3-6-18(25)14-20)15-22(28)24(30)27-11-5-10-26(12-13-27)19-7-4-8-19/h3,6,9,14,17,19,21-22H,4-5,7-8,10-13,15-16H2,1-2H3/t21-,22+/m0/s1. The number of halogens is 1. The van der Waals surface area contributed by atoms with E-state index in [0.29, 0.717) is 31.3 Å². The summed E-state index contributed by atoms with van der Waals surface area (Å²) < 4.78 is 19.5. The zero-order valence-electron chi connectivity index (χ0n) is 18.6. The van der Waals surface area contributed by atoms with Crippen LogP contribution in [-0.4, -0.2) is 77.4 Å². The van der Waals surface area contributed by atoms with Crippen LogP contribution in [0.3, 0.4) is 0 Å². The highest BCUT2D eigenvalue weighted by Gasteiger charge is 2.43. The van der Waals surface area contributed by atoms with Crippen molar-refractivity contribution < 1.29 is 18.7 Å². The molecule has 1 aliphatic carbocycles. The van der Waals surface area contributed by atoms with Gasteiger partial charge in [0, 0.05) is 50.6 Å². The summed E-state index contributed by atoms with van der Waals surface area (Å²) in [6, 6.07) is 6.19. The summed E-state index contributed by atoms with van der Waals surface area (Å²) in [5.74, 6) is -0.134. The SMILES string of the molecule is CC(C)C(=O)N1C[C@@H](Oc2cccc(F)c2)C[C@@H]1C(=O)N1CCCN(C2CCC2)CC1. The zero-order valence-corrected chi connectivity index (χ0v) is 18.6. The van der Waals surface area contributed by atoms with Crippen LogP contribution in [0.5, 0.6) is 5.75 Å². The second-order valence-corrected chi connectivity index (χ2v) is 9.39. The summed E-state index contributed by atoms with van der Waals surface area (Å²) >= 11 is 0. The average Bonchev–Trinajstić information content (AvgIpc) is 2.96. The van der Waals surface area contributed by atoms with Crippen molar-refractivity contribution in [3.05, 3.63) is 30.1 Å². The Kier molecular flexibility index (Phi) is 6.80. The molecule has 170 valence electrons. The molecule has 0 radical (unpaired) electrons. The van der Waals surface area contributed by atoms with Crippen molar-refractivity contribution in [3.63, 3.8) is 0 Å². The third-order valence-corrected chi connectivity index (χ3v) is 6.86. The van der Waals surface area contributed by atoms with Crippen molar-refractivity contribution in [2.24, 2.45) is 5.92 Å². The van der Waals surface area contributed by atoms with Gasteiger partial charge in [0.05, 0.1) is 6.54 Å². The van der Waals surface area contributed by atoms with E-state index in [4.69, 9.17) is 4.74 Å². The highest BCUT2D eigenvalue weighted by atomic mass is 19.1. The normalized spacial score (nSPS) is 25.4. The summed E-state index contributed by atoms with van der Waals surface area (Å²) in [5, 5.41) is 0. The minimum Gasteiger partial charge on any atom is -0.488 e. The van der Waals surface area contributed by atoms with Gasteiger partial charge in [-0.3, -0.25) is 14.5 Å². The van der Waals surface area contributed by atoms with Gasteiger partial charge in [0.25, 0.3) is 0 Å². The van der Waals surface area contributed by atoms with E-state index in [1.54, 1.807) is 17.0 Å². The molecule has 0 bridgehead atoms.